The number of nitrogens with one attached hydrogen (secondary N) is 3. The molecule has 0 saturated carbocycles. The van der Waals surface area contributed by atoms with Gasteiger partial charge in [0.25, 0.3) is 0 Å². The second kappa shape index (κ2) is 14.4. The van der Waals surface area contributed by atoms with E-state index < -0.39 is 22.9 Å². The van der Waals surface area contributed by atoms with E-state index in [-0.39, 0.29) is 12.0 Å². The average Bonchev–Trinajstić information content (AvgIpc) is 2.87. The monoisotopic (exact) mass is 597 g/mol. The maximum absolute atomic E-state index is 12.7. The first-order chi connectivity index (χ1) is 18.9. The number of hydrogen-bond donors (Lipinski definition) is 3. The third-order valence-electron chi connectivity index (χ3n) is 6.34. The maximum Gasteiger partial charge on any atom is 0.402 e. The van der Waals surface area contributed by atoms with Gasteiger partial charge in [-0.2, -0.15) is 13.2 Å². The highest BCUT2D eigenvalue weighted by atomic mass is 32.2. The molecule has 0 amide bonds. The van der Waals surface area contributed by atoms with Gasteiger partial charge in [-0.15, -0.1) is 0 Å². The van der Waals surface area contributed by atoms with E-state index in [9.17, 15) is 17.4 Å². The molecule has 40 heavy (non-hydrogen) atoms. The summed E-state index contributed by atoms with van der Waals surface area (Å²) in [7, 11) is -2.29. The second-order valence-electron chi connectivity index (χ2n) is 10.0. The van der Waals surface area contributed by atoms with Crippen LogP contribution in [0.15, 0.2) is 41.6 Å². The fourth-order valence-electron chi connectivity index (χ4n) is 4.11. The standard InChI is InChI=1S/C28H38F3N5O2S2/c1-7-18(4)25(38-24-14-19(5)23(13-20(24)6)36-40(37)16-28(29,30)31)26(39-17(2)3)22-10-12-33-27(35-22)34-21-9-8-11-32-15-21/h10,12-14,18,21,32,36H,2,7-9,11,15-16H2,1,3-6H3,(H,33,34,35)/b26-25+. The van der Waals surface area contributed by atoms with Crippen molar-refractivity contribution in [2.75, 3.05) is 28.9 Å². The van der Waals surface area contributed by atoms with Crippen LogP contribution in [0.4, 0.5) is 24.8 Å². The summed E-state index contributed by atoms with van der Waals surface area (Å²) in [5, 5.41) is 6.82. The van der Waals surface area contributed by atoms with E-state index in [1.54, 1.807) is 32.2 Å². The first-order valence-electron chi connectivity index (χ1n) is 13.2. The van der Waals surface area contributed by atoms with Gasteiger partial charge in [0.2, 0.25) is 5.95 Å². The predicted molar refractivity (Wildman–Crippen MR) is 160 cm³/mol. The number of alkyl halides is 3. The Hall–Kier alpha value is -2.57. The van der Waals surface area contributed by atoms with Crippen molar-refractivity contribution in [3.63, 3.8) is 0 Å². The molecule has 2 heterocycles. The maximum atomic E-state index is 12.7. The molecule has 0 aliphatic carbocycles. The van der Waals surface area contributed by atoms with E-state index >= 15 is 0 Å². The van der Waals surface area contributed by atoms with Crippen LogP contribution in [-0.2, 0) is 11.0 Å². The van der Waals surface area contributed by atoms with Crippen LogP contribution in [0.3, 0.4) is 0 Å². The third kappa shape index (κ3) is 9.52. The number of piperidine rings is 1. The fraction of sp³-hybridized carbons (Fsp3) is 0.500. The topological polar surface area (TPSA) is 88.2 Å². The molecule has 3 N–H and O–H groups in total. The average molecular weight is 598 g/mol. The normalized spacial score (nSPS) is 17.9. The van der Waals surface area contributed by atoms with Crippen LogP contribution in [0, 0.1) is 19.8 Å². The summed E-state index contributed by atoms with van der Waals surface area (Å²) in [6.45, 7) is 15.6. The number of benzene rings is 1. The number of anilines is 2. The molecule has 3 atom stereocenters. The molecule has 1 aromatic heterocycles. The summed E-state index contributed by atoms with van der Waals surface area (Å²) in [6.07, 6.45) is 0.128. The highest BCUT2D eigenvalue weighted by molar-refractivity contribution is 8.11. The molecule has 1 aliphatic heterocycles. The number of hydrogen-bond acceptors (Lipinski definition) is 7. The molecule has 2 aromatic rings. The smallest absolute Gasteiger partial charge is 0.402 e. The minimum atomic E-state index is -4.53. The Labute approximate surface area is 241 Å². The van der Waals surface area contributed by atoms with Crippen molar-refractivity contribution in [1.29, 1.82) is 0 Å². The summed E-state index contributed by atoms with van der Waals surface area (Å²) in [5.74, 6) is 0.402. The zero-order chi connectivity index (χ0) is 29.4. The minimum absolute atomic E-state index is 0.0209. The largest absolute Gasteiger partial charge is 0.460 e. The first-order valence-corrected chi connectivity index (χ1v) is 15.4. The van der Waals surface area contributed by atoms with Crippen molar-refractivity contribution in [2.45, 2.75) is 66.1 Å². The highest BCUT2D eigenvalue weighted by Gasteiger charge is 2.31. The Morgan fingerprint density at radius 3 is 2.70 bits per heavy atom. The van der Waals surface area contributed by atoms with Crippen molar-refractivity contribution >= 4 is 39.3 Å². The van der Waals surface area contributed by atoms with Crippen molar-refractivity contribution in [3.05, 3.63) is 58.5 Å². The molecular weight excluding hydrogens is 559 g/mol. The van der Waals surface area contributed by atoms with Crippen LogP contribution >= 0.6 is 11.8 Å². The van der Waals surface area contributed by atoms with Crippen LogP contribution < -0.4 is 20.1 Å². The van der Waals surface area contributed by atoms with E-state index in [1.165, 1.54) is 11.8 Å². The molecule has 1 aromatic carbocycles. The summed E-state index contributed by atoms with van der Waals surface area (Å²) >= 11 is 1.48. The first kappa shape index (κ1) is 32.0. The van der Waals surface area contributed by atoms with E-state index in [0.717, 1.165) is 42.2 Å². The molecule has 1 aliphatic rings. The van der Waals surface area contributed by atoms with Crippen LogP contribution in [0.5, 0.6) is 5.75 Å². The van der Waals surface area contributed by atoms with Gasteiger partial charge in [-0.1, -0.05) is 32.2 Å². The van der Waals surface area contributed by atoms with Gasteiger partial charge in [0.1, 0.15) is 28.2 Å². The quantitative estimate of drug-likeness (QED) is 0.228. The molecule has 0 spiro atoms. The van der Waals surface area contributed by atoms with E-state index in [4.69, 9.17) is 9.72 Å². The van der Waals surface area contributed by atoms with Gasteiger partial charge >= 0.3 is 6.18 Å². The summed E-state index contributed by atoms with van der Waals surface area (Å²) in [6, 6.07) is 5.50. The number of halogens is 3. The lowest BCUT2D eigenvalue weighted by Crippen LogP contribution is -2.38. The lowest BCUT2D eigenvalue weighted by atomic mass is 10.0. The highest BCUT2D eigenvalue weighted by Crippen LogP contribution is 2.40. The summed E-state index contributed by atoms with van der Waals surface area (Å²) < 4.78 is 59.1. The van der Waals surface area contributed by atoms with Crippen molar-refractivity contribution in [2.24, 2.45) is 5.92 Å². The number of rotatable bonds is 12. The summed E-state index contributed by atoms with van der Waals surface area (Å²) in [4.78, 5) is 11.0. The molecule has 0 bridgehead atoms. The van der Waals surface area contributed by atoms with E-state index in [1.807, 2.05) is 13.0 Å². The van der Waals surface area contributed by atoms with Crippen molar-refractivity contribution in [3.8, 4) is 5.75 Å². The van der Waals surface area contributed by atoms with Crippen LogP contribution in [0.2, 0.25) is 0 Å². The molecule has 3 rings (SSSR count). The lowest BCUT2D eigenvalue weighted by Gasteiger charge is -2.24. The lowest BCUT2D eigenvalue weighted by molar-refractivity contribution is -0.105. The van der Waals surface area contributed by atoms with Crippen molar-refractivity contribution in [1.82, 2.24) is 15.3 Å². The zero-order valence-electron chi connectivity index (χ0n) is 23.6. The molecule has 1 saturated heterocycles. The molecule has 1 fully saturated rings. The van der Waals surface area contributed by atoms with E-state index in [0.29, 0.717) is 40.0 Å². The van der Waals surface area contributed by atoms with Gasteiger partial charge in [-0.3, -0.25) is 0 Å². The van der Waals surface area contributed by atoms with Gasteiger partial charge in [0, 0.05) is 30.4 Å². The Kier molecular flexibility index (Phi) is 11.5. The second-order valence-corrected chi connectivity index (χ2v) is 12.5. The number of aryl methyl sites for hydroxylation is 2. The van der Waals surface area contributed by atoms with Gasteiger partial charge in [-0.05, 0) is 80.8 Å². The Morgan fingerprint density at radius 1 is 1.32 bits per heavy atom. The number of nitrogens with zero attached hydrogens (tertiary/aromatic N) is 2. The summed E-state index contributed by atoms with van der Waals surface area (Å²) in [5.41, 5.74) is 2.37. The molecule has 220 valence electrons. The predicted octanol–water partition coefficient (Wildman–Crippen LogP) is 6.96. The Morgan fingerprint density at radius 2 is 2.08 bits per heavy atom. The van der Waals surface area contributed by atoms with Crippen molar-refractivity contribution < 1.29 is 22.1 Å². The van der Waals surface area contributed by atoms with Crippen LogP contribution in [-0.4, -0.2) is 45.2 Å². The number of allylic oxidation sites excluding steroid dienone is 2. The Balaban J connectivity index is 1.98. The molecule has 0 radical (unpaired) electrons. The fourth-order valence-corrected chi connectivity index (χ4v) is 5.85. The van der Waals surface area contributed by atoms with Crippen LogP contribution in [0.1, 0.15) is 56.9 Å². The molecular formula is C28H38F3N5O2S2. The number of ether oxygens (including phenoxy) is 1. The minimum Gasteiger partial charge on any atom is -0.460 e. The zero-order valence-corrected chi connectivity index (χ0v) is 25.2. The number of aromatic nitrogens is 2. The van der Waals surface area contributed by atoms with Gasteiger partial charge in [0.15, 0.2) is 0 Å². The van der Waals surface area contributed by atoms with Gasteiger partial charge in [0.05, 0.1) is 10.6 Å². The molecule has 3 unspecified atom stereocenters. The SMILES string of the molecule is C=C(C)S/C(=C(/Oc1cc(C)c(NS(=O)CC(F)(F)F)cc1C)C(C)CC)c1ccnc(NC2CCCNC2)n1. The van der Waals surface area contributed by atoms with Gasteiger partial charge in [-0.25, -0.2) is 14.2 Å². The Bertz CT molecular complexity index is 1250. The third-order valence-corrected chi connectivity index (χ3v) is 8.34. The van der Waals surface area contributed by atoms with E-state index in [2.05, 4.69) is 40.8 Å². The van der Waals surface area contributed by atoms with Crippen LogP contribution in [0.25, 0.3) is 4.91 Å². The number of thioether (sulfide) groups is 1. The van der Waals surface area contributed by atoms with Gasteiger partial charge < -0.3 is 20.1 Å². The molecule has 7 nitrogen and oxygen atoms in total. The molecule has 12 heteroatoms.